The van der Waals surface area contributed by atoms with Gasteiger partial charge in [0.1, 0.15) is 0 Å². The fourth-order valence-corrected chi connectivity index (χ4v) is 2.89. The minimum Gasteiger partial charge on any atom is -0.397 e. The molecule has 21 heavy (non-hydrogen) atoms. The molecule has 0 bridgehead atoms. The van der Waals surface area contributed by atoms with Crippen molar-refractivity contribution in [2.45, 2.75) is 38.6 Å². The van der Waals surface area contributed by atoms with Crippen molar-refractivity contribution < 1.29 is 4.79 Å². The number of hydrogen-bond donors (Lipinski definition) is 1. The average molecular weight is 290 g/mol. The van der Waals surface area contributed by atoms with Gasteiger partial charge in [-0.15, -0.1) is 0 Å². The van der Waals surface area contributed by atoms with E-state index in [2.05, 4.69) is 9.88 Å². The molecule has 0 aliphatic heterocycles. The lowest BCUT2D eigenvalue weighted by molar-refractivity contribution is 0.0666. The molecule has 1 aliphatic rings. The van der Waals surface area contributed by atoms with Gasteiger partial charge in [-0.25, -0.2) is 0 Å². The molecule has 1 fully saturated rings. The van der Waals surface area contributed by atoms with Gasteiger partial charge >= 0.3 is 0 Å². The van der Waals surface area contributed by atoms with E-state index < -0.39 is 0 Å². The number of anilines is 1. The second kappa shape index (κ2) is 6.89. The van der Waals surface area contributed by atoms with Gasteiger partial charge in [-0.2, -0.15) is 0 Å². The molecule has 1 aromatic heterocycles. The van der Waals surface area contributed by atoms with Gasteiger partial charge in [-0.05, 0) is 39.9 Å². The third-order valence-corrected chi connectivity index (χ3v) is 4.15. The first-order valence-electron chi connectivity index (χ1n) is 7.67. The lowest BCUT2D eigenvalue weighted by Crippen LogP contribution is -2.43. The van der Waals surface area contributed by atoms with Gasteiger partial charge in [0, 0.05) is 19.1 Å². The van der Waals surface area contributed by atoms with Gasteiger partial charge in [-0.1, -0.05) is 12.8 Å². The van der Waals surface area contributed by atoms with Crippen molar-refractivity contribution in [1.29, 1.82) is 0 Å². The van der Waals surface area contributed by atoms with E-state index in [1.165, 1.54) is 12.8 Å². The Morgan fingerprint density at radius 3 is 2.62 bits per heavy atom. The fraction of sp³-hybridized carbons (Fsp3) is 0.625. The molecule has 1 aliphatic carbocycles. The van der Waals surface area contributed by atoms with Crippen molar-refractivity contribution in [2.24, 2.45) is 0 Å². The minimum absolute atomic E-state index is 0.0704. The smallest absolute Gasteiger partial charge is 0.256 e. The third kappa shape index (κ3) is 3.94. The number of pyridine rings is 1. The number of rotatable bonds is 5. The Labute approximate surface area is 127 Å². The maximum absolute atomic E-state index is 12.9. The maximum atomic E-state index is 12.9. The molecule has 0 radical (unpaired) electrons. The molecule has 0 spiro atoms. The number of hydrogen-bond acceptors (Lipinski definition) is 4. The van der Waals surface area contributed by atoms with Crippen LogP contribution in [0.2, 0.25) is 0 Å². The highest BCUT2D eigenvalue weighted by atomic mass is 16.2. The van der Waals surface area contributed by atoms with E-state index in [1.807, 2.05) is 25.9 Å². The molecule has 116 valence electrons. The van der Waals surface area contributed by atoms with E-state index >= 15 is 0 Å². The van der Waals surface area contributed by atoms with Gasteiger partial charge in [0.2, 0.25) is 0 Å². The van der Waals surface area contributed by atoms with E-state index in [9.17, 15) is 4.79 Å². The predicted octanol–water partition coefficient (Wildman–Crippen LogP) is 1.92. The van der Waals surface area contributed by atoms with Crippen LogP contribution in [0.25, 0.3) is 0 Å². The van der Waals surface area contributed by atoms with Crippen LogP contribution in [0.15, 0.2) is 12.3 Å². The first kappa shape index (κ1) is 15.8. The van der Waals surface area contributed by atoms with Crippen LogP contribution in [0.4, 0.5) is 5.69 Å². The Balaban J connectivity index is 2.21. The molecule has 1 amide bonds. The predicted molar refractivity (Wildman–Crippen MR) is 85.2 cm³/mol. The Bertz CT molecular complexity index is 495. The zero-order chi connectivity index (χ0) is 15.4. The van der Waals surface area contributed by atoms with Gasteiger partial charge in [-0.3, -0.25) is 9.78 Å². The third-order valence-electron chi connectivity index (χ3n) is 4.15. The molecule has 2 N–H and O–H groups in total. The molecular formula is C16H26N4O. The number of likely N-dealkylation sites (N-methyl/N-ethyl adjacent to an activating group) is 1. The molecule has 0 saturated heterocycles. The lowest BCUT2D eigenvalue weighted by Gasteiger charge is -2.30. The van der Waals surface area contributed by atoms with Crippen molar-refractivity contribution >= 4 is 11.6 Å². The van der Waals surface area contributed by atoms with E-state index in [1.54, 1.807) is 12.3 Å². The fourth-order valence-electron chi connectivity index (χ4n) is 2.89. The Hall–Kier alpha value is -1.62. The summed E-state index contributed by atoms with van der Waals surface area (Å²) < 4.78 is 0. The molecular weight excluding hydrogens is 264 g/mol. The van der Waals surface area contributed by atoms with Crippen molar-refractivity contribution in [2.75, 3.05) is 32.9 Å². The number of nitrogen functional groups attached to an aromatic ring is 1. The van der Waals surface area contributed by atoms with Gasteiger partial charge in [0.15, 0.2) is 0 Å². The number of aryl methyl sites for hydroxylation is 1. The standard InChI is InChI=1S/C16H26N4O/c1-12-15(10-13(17)11-18-12)16(21)20(9-8-19(2)3)14-6-4-5-7-14/h10-11,14H,4-9,17H2,1-3H3. The highest BCUT2D eigenvalue weighted by molar-refractivity contribution is 5.96. The summed E-state index contributed by atoms with van der Waals surface area (Å²) in [6, 6.07) is 2.11. The van der Waals surface area contributed by atoms with Crippen LogP contribution >= 0.6 is 0 Å². The second-order valence-corrected chi connectivity index (χ2v) is 6.14. The second-order valence-electron chi connectivity index (χ2n) is 6.14. The Kier molecular flexibility index (Phi) is 5.17. The zero-order valence-electron chi connectivity index (χ0n) is 13.3. The largest absolute Gasteiger partial charge is 0.397 e. The molecule has 0 unspecified atom stereocenters. The summed E-state index contributed by atoms with van der Waals surface area (Å²) in [7, 11) is 4.06. The summed E-state index contributed by atoms with van der Waals surface area (Å²) in [5.41, 5.74) is 7.74. The monoisotopic (exact) mass is 290 g/mol. The topological polar surface area (TPSA) is 62.5 Å². The summed E-state index contributed by atoms with van der Waals surface area (Å²) in [5, 5.41) is 0. The highest BCUT2D eigenvalue weighted by Crippen LogP contribution is 2.25. The number of amides is 1. The van der Waals surface area contributed by atoms with Crippen LogP contribution in [0, 0.1) is 6.92 Å². The lowest BCUT2D eigenvalue weighted by atomic mass is 10.1. The first-order chi connectivity index (χ1) is 9.99. The molecule has 0 atom stereocenters. The first-order valence-corrected chi connectivity index (χ1v) is 7.67. The molecule has 5 heteroatoms. The number of nitrogens with zero attached hydrogens (tertiary/aromatic N) is 3. The number of carbonyl (C=O) groups excluding carboxylic acids is 1. The van der Waals surface area contributed by atoms with Gasteiger partial charge < -0.3 is 15.5 Å². The normalized spacial score (nSPS) is 15.6. The van der Waals surface area contributed by atoms with Crippen LogP contribution in [0.1, 0.15) is 41.7 Å². The van der Waals surface area contributed by atoms with E-state index in [0.29, 0.717) is 17.3 Å². The zero-order valence-corrected chi connectivity index (χ0v) is 13.3. The van der Waals surface area contributed by atoms with Crippen LogP contribution in [0.5, 0.6) is 0 Å². The number of aromatic nitrogens is 1. The van der Waals surface area contributed by atoms with Crippen molar-refractivity contribution in [3.8, 4) is 0 Å². The molecule has 5 nitrogen and oxygen atoms in total. The summed E-state index contributed by atoms with van der Waals surface area (Å²) in [4.78, 5) is 21.3. The van der Waals surface area contributed by atoms with E-state index in [4.69, 9.17) is 5.73 Å². The molecule has 1 heterocycles. The maximum Gasteiger partial charge on any atom is 0.256 e. The molecule has 0 aromatic carbocycles. The Morgan fingerprint density at radius 2 is 2.00 bits per heavy atom. The number of carbonyl (C=O) groups is 1. The molecule has 1 aromatic rings. The quantitative estimate of drug-likeness (QED) is 0.900. The summed E-state index contributed by atoms with van der Waals surface area (Å²) in [6.07, 6.45) is 6.24. The highest BCUT2D eigenvalue weighted by Gasteiger charge is 2.28. The number of nitrogens with two attached hydrogens (primary N) is 1. The van der Waals surface area contributed by atoms with E-state index in [0.717, 1.165) is 31.6 Å². The summed E-state index contributed by atoms with van der Waals surface area (Å²) in [6.45, 7) is 3.49. The SMILES string of the molecule is Cc1ncc(N)cc1C(=O)N(CCN(C)C)C1CCCC1. The van der Waals surface area contributed by atoms with Crippen molar-refractivity contribution in [1.82, 2.24) is 14.8 Å². The van der Waals surface area contributed by atoms with Crippen molar-refractivity contribution in [3.63, 3.8) is 0 Å². The van der Waals surface area contributed by atoms with Gasteiger partial charge in [0.05, 0.1) is 23.1 Å². The summed E-state index contributed by atoms with van der Waals surface area (Å²) in [5.74, 6) is 0.0704. The minimum atomic E-state index is 0.0704. The summed E-state index contributed by atoms with van der Waals surface area (Å²) >= 11 is 0. The van der Waals surface area contributed by atoms with Crippen LogP contribution < -0.4 is 5.73 Å². The molecule has 2 rings (SSSR count). The van der Waals surface area contributed by atoms with Crippen molar-refractivity contribution in [3.05, 3.63) is 23.5 Å². The van der Waals surface area contributed by atoms with Gasteiger partial charge in [0.25, 0.3) is 5.91 Å². The van der Waals surface area contributed by atoms with Crippen LogP contribution in [0.3, 0.4) is 0 Å². The van der Waals surface area contributed by atoms with Crippen LogP contribution in [-0.2, 0) is 0 Å². The van der Waals surface area contributed by atoms with E-state index in [-0.39, 0.29) is 5.91 Å². The average Bonchev–Trinajstić information content (AvgIpc) is 2.95. The van der Waals surface area contributed by atoms with Crippen LogP contribution in [-0.4, -0.2) is 53.9 Å². The molecule has 1 saturated carbocycles. The Morgan fingerprint density at radius 1 is 1.33 bits per heavy atom.